The molecule has 3 N–H and O–H groups in total. The van der Waals surface area contributed by atoms with Crippen LogP contribution >= 0.6 is 0 Å². The van der Waals surface area contributed by atoms with Crippen LogP contribution in [0.15, 0.2) is 12.2 Å². The van der Waals surface area contributed by atoms with E-state index in [0.717, 1.165) is 19.3 Å². The molecule has 0 aromatic heterocycles. The Morgan fingerprint density at radius 3 is 2.69 bits per heavy atom. The zero-order valence-corrected chi connectivity index (χ0v) is 17.0. The third-order valence-corrected chi connectivity index (χ3v) is 9.21. The van der Waals surface area contributed by atoms with Gasteiger partial charge in [-0.3, -0.25) is 9.59 Å². The number of ketones is 1. The van der Waals surface area contributed by atoms with E-state index in [4.69, 9.17) is 9.47 Å². The summed E-state index contributed by atoms with van der Waals surface area (Å²) in [7, 11) is 0. The third kappa shape index (κ3) is 1.94. The van der Waals surface area contributed by atoms with Crippen molar-refractivity contribution < 1.29 is 34.4 Å². The molecule has 0 amide bonds. The lowest BCUT2D eigenvalue weighted by Crippen LogP contribution is -2.84. The highest BCUT2D eigenvalue weighted by Crippen LogP contribution is 2.76. The Balaban J connectivity index is 1.68. The van der Waals surface area contributed by atoms with Gasteiger partial charge in [0, 0.05) is 29.6 Å². The largest absolute Gasteiger partial charge is 0.465 e. The van der Waals surface area contributed by atoms with Gasteiger partial charge in [-0.25, -0.2) is 0 Å². The highest BCUT2D eigenvalue weighted by Gasteiger charge is 2.85. The van der Waals surface area contributed by atoms with Crippen molar-refractivity contribution in [3.05, 3.63) is 12.2 Å². The van der Waals surface area contributed by atoms with Gasteiger partial charge in [-0.2, -0.15) is 0 Å². The van der Waals surface area contributed by atoms with E-state index in [1.807, 2.05) is 6.92 Å². The molecule has 9 atom stereocenters. The smallest absolute Gasteiger partial charge is 0.302 e. The molecule has 4 saturated carbocycles. The molecular weight excluding hydrogens is 376 g/mol. The number of carbonyl (C=O) groups is 2. The first-order valence-corrected chi connectivity index (χ1v) is 10.7. The van der Waals surface area contributed by atoms with Gasteiger partial charge in [0.2, 0.25) is 5.79 Å². The first kappa shape index (κ1) is 19.7. The molecule has 160 valence electrons. The molecule has 2 aliphatic heterocycles. The monoisotopic (exact) mass is 406 g/mol. The Labute approximate surface area is 170 Å². The van der Waals surface area contributed by atoms with E-state index >= 15 is 0 Å². The highest BCUT2D eigenvalue weighted by molar-refractivity contribution is 6.05. The standard InChI is InChI=1S/C22H30O7/c1-11-13-5-6-14-20-8-4-7-19(3,9-28-12(2)23)15(20)18(26)22(27,29-10-20)21(14,16(11)24)17(13)25/h13-15,17-18,25-27H,1,4-10H2,2-3H3/t13-,14+,15-,17+,18+,19+,20-,21+,22+/m1/s1. The Morgan fingerprint density at radius 2 is 2.00 bits per heavy atom. The van der Waals surface area contributed by atoms with Crippen LogP contribution in [-0.4, -0.2) is 58.3 Å². The molecule has 0 aromatic carbocycles. The average molecular weight is 406 g/mol. The van der Waals surface area contributed by atoms with Gasteiger partial charge in [0.15, 0.2) is 5.78 Å². The SMILES string of the molecule is C=C1C(=O)[C@]23[C@@H](O)[C@@H]1CC[C@H]2[C@]12CCC[C@@](C)(COC(C)=O)[C@H]1[C@H](O)[C@]3(O)OC2. The minimum absolute atomic E-state index is 0.146. The predicted molar refractivity (Wildman–Crippen MR) is 100 cm³/mol. The van der Waals surface area contributed by atoms with Crippen molar-refractivity contribution in [2.45, 2.75) is 63.9 Å². The summed E-state index contributed by atoms with van der Waals surface area (Å²) in [5.74, 6) is -4.02. The summed E-state index contributed by atoms with van der Waals surface area (Å²) in [4.78, 5) is 25.0. The van der Waals surface area contributed by atoms with Gasteiger partial charge in [-0.05, 0) is 37.2 Å². The molecule has 2 saturated heterocycles. The topological polar surface area (TPSA) is 113 Å². The second kappa shape index (κ2) is 5.69. The van der Waals surface area contributed by atoms with E-state index in [1.165, 1.54) is 6.92 Å². The lowest BCUT2D eigenvalue weighted by atomic mass is 9.36. The fraction of sp³-hybridized carbons (Fsp3) is 0.818. The average Bonchev–Trinajstić information content (AvgIpc) is 2.77. The predicted octanol–water partition coefficient (Wildman–Crippen LogP) is 0.948. The second-order valence-corrected chi connectivity index (χ2v) is 10.3. The number of aliphatic hydroxyl groups is 3. The molecule has 4 bridgehead atoms. The number of aliphatic hydroxyl groups excluding tert-OH is 2. The molecule has 6 fully saturated rings. The molecular formula is C22H30O7. The van der Waals surface area contributed by atoms with Crippen molar-refractivity contribution in [3.63, 3.8) is 0 Å². The van der Waals surface area contributed by atoms with Crippen LogP contribution < -0.4 is 0 Å². The van der Waals surface area contributed by atoms with Crippen molar-refractivity contribution in [1.82, 2.24) is 0 Å². The van der Waals surface area contributed by atoms with E-state index in [2.05, 4.69) is 6.58 Å². The van der Waals surface area contributed by atoms with E-state index in [9.17, 15) is 24.9 Å². The molecule has 0 unspecified atom stereocenters. The summed E-state index contributed by atoms with van der Waals surface area (Å²) in [6.07, 6.45) is 1.15. The molecule has 7 nitrogen and oxygen atoms in total. The van der Waals surface area contributed by atoms with Crippen molar-refractivity contribution in [1.29, 1.82) is 0 Å². The summed E-state index contributed by atoms with van der Waals surface area (Å²) in [5.41, 5.74) is -2.35. The third-order valence-electron chi connectivity index (χ3n) is 9.21. The van der Waals surface area contributed by atoms with Gasteiger partial charge in [0.25, 0.3) is 0 Å². The number of hydrogen-bond acceptors (Lipinski definition) is 7. The van der Waals surface area contributed by atoms with E-state index in [0.29, 0.717) is 18.4 Å². The van der Waals surface area contributed by atoms with Gasteiger partial charge in [0.1, 0.15) is 11.5 Å². The quantitative estimate of drug-likeness (QED) is 0.462. The summed E-state index contributed by atoms with van der Waals surface area (Å²) >= 11 is 0. The Hall–Kier alpha value is -1.28. The molecule has 6 rings (SSSR count). The first-order chi connectivity index (χ1) is 13.6. The van der Waals surface area contributed by atoms with Crippen LogP contribution in [-0.2, 0) is 19.1 Å². The van der Waals surface area contributed by atoms with Crippen LogP contribution in [0.2, 0.25) is 0 Å². The molecule has 6 aliphatic rings. The number of rotatable bonds is 2. The fourth-order valence-electron chi connectivity index (χ4n) is 8.24. The summed E-state index contributed by atoms with van der Waals surface area (Å²) in [6, 6.07) is 0. The molecule has 2 spiro atoms. The van der Waals surface area contributed by atoms with Crippen LogP contribution in [0.5, 0.6) is 0 Å². The van der Waals surface area contributed by atoms with Crippen molar-refractivity contribution in [2.75, 3.05) is 13.2 Å². The molecule has 7 heteroatoms. The van der Waals surface area contributed by atoms with Crippen molar-refractivity contribution in [3.8, 4) is 0 Å². The summed E-state index contributed by atoms with van der Waals surface area (Å²) < 4.78 is 11.3. The number of carbonyl (C=O) groups excluding carboxylic acids is 2. The summed E-state index contributed by atoms with van der Waals surface area (Å²) in [6.45, 7) is 7.63. The zero-order chi connectivity index (χ0) is 21.0. The molecule has 29 heavy (non-hydrogen) atoms. The molecule has 4 aliphatic carbocycles. The van der Waals surface area contributed by atoms with Crippen LogP contribution in [0.25, 0.3) is 0 Å². The van der Waals surface area contributed by atoms with Crippen LogP contribution in [0.4, 0.5) is 0 Å². The van der Waals surface area contributed by atoms with Gasteiger partial charge in [-0.1, -0.05) is 19.9 Å². The first-order valence-electron chi connectivity index (χ1n) is 10.7. The Kier molecular flexibility index (Phi) is 3.86. The maximum atomic E-state index is 13.5. The van der Waals surface area contributed by atoms with Gasteiger partial charge in [-0.15, -0.1) is 0 Å². The number of esters is 1. The fourth-order valence-corrected chi connectivity index (χ4v) is 8.24. The maximum Gasteiger partial charge on any atom is 0.302 e. The Bertz CT molecular complexity index is 809. The molecule has 2 heterocycles. The molecule has 0 aromatic rings. The second-order valence-electron chi connectivity index (χ2n) is 10.3. The van der Waals surface area contributed by atoms with Crippen LogP contribution in [0.1, 0.15) is 46.0 Å². The zero-order valence-electron chi connectivity index (χ0n) is 17.0. The van der Waals surface area contributed by atoms with E-state index in [-0.39, 0.29) is 30.9 Å². The van der Waals surface area contributed by atoms with Crippen molar-refractivity contribution >= 4 is 11.8 Å². The number of fused-ring (bicyclic) bond motifs is 2. The van der Waals surface area contributed by atoms with Crippen molar-refractivity contribution in [2.24, 2.45) is 34.0 Å². The maximum absolute atomic E-state index is 13.5. The van der Waals surface area contributed by atoms with Gasteiger partial charge >= 0.3 is 5.97 Å². The Morgan fingerprint density at radius 1 is 1.28 bits per heavy atom. The van der Waals surface area contributed by atoms with Crippen LogP contribution in [0, 0.1) is 34.0 Å². The lowest BCUT2D eigenvalue weighted by molar-refractivity contribution is -0.450. The lowest BCUT2D eigenvalue weighted by Gasteiger charge is -2.74. The normalized spacial score (nSPS) is 55.4. The minimum atomic E-state index is -2.17. The van der Waals surface area contributed by atoms with E-state index in [1.54, 1.807) is 0 Å². The summed E-state index contributed by atoms with van der Waals surface area (Å²) in [5, 5.41) is 34.5. The van der Waals surface area contributed by atoms with Gasteiger partial charge < -0.3 is 24.8 Å². The highest BCUT2D eigenvalue weighted by atomic mass is 16.6. The number of ether oxygens (including phenoxy) is 2. The van der Waals surface area contributed by atoms with Crippen LogP contribution in [0.3, 0.4) is 0 Å². The molecule has 0 radical (unpaired) electrons. The number of hydrogen-bond donors (Lipinski definition) is 3. The van der Waals surface area contributed by atoms with Gasteiger partial charge in [0.05, 0.1) is 19.3 Å². The minimum Gasteiger partial charge on any atom is -0.465 e. The number of Topliss-reactive ketones (excluding diaryl/α,β-unsaturated/α-hetero) is 1. The van der Waals surface area contributed by atoms with E-state index < -0.39 is 46.1 Å².